The van der Waals surface area contributed by atoms with E-state index < -0.39 is 11.9 Å². The highest BCUT2D eigenvalue weighted by molar-refractivity contribution is 6.02. The Bertz CT molecular complexity index is 757. The maximum atomic E-state index is 12.1. The van der Waals surface area contributed by atoms with Gasteiger partial charge in [0.25, 0.3) is 11.8 Å². The zero-order valence-corrected chi connectivity index (χ0v) is 14.3. The molecule has 1 aromatic carbocycles. The average Bonchev–Trinajstić information content (AvgIpc) is 3.15. The summed E-state index contributed by atoms with van der Waals surface area (Å²) in [5.41, 5.74) is 0.495. The Labute approximate surface area is 150 Å². The van der Waals surface area contributed by atoms with Gasteiger partial charge in [-0.15, -0.1) is 0 Å². The molecular formula is C18H20N2O6. The third kappa shape index (κ3) is 5.66. The third-order valence-corrected chi connectivity index (χ3v) is 3.53. The van der Waals surface area contributed by atoms with E-state index in [4.69, 9.17) is 14.3 Å². The van der Waals surface area contributed by atoms with Crippen molar-refractivity contribution in [2.45, 2.75) is 13.3 Å². The lowest BCUT2D eigenvalue weighted by atomic mass is 10.3. The lowest BCUT2D eigenvalue weighted by Crippen LogP contribution is -2.36. The number of amides is 2. The first-order chi connectivity index (χ1) is 12.5. The molecule has 138 valence electrons. The van der Waals surface area contributed by atoms with Crippen molar-refractivity contribution >= 4 is 23.5 Å². The molecule has 26 heavy (non-hydrogen) atoms. The van der Waals surface area contributed by atoms with E-state index in [9.17, 15) is 14.4 Å². The molecule has 2 rings (SSSR count). The van der Waals surface area contributed by atoms with Crippen molar-refractivity contribution in [3.63, 3.8) is 0 Å². The van der Waals surface area contributed by atoms with Crippen LogP contribution in [0.15, 0.2) is 47.1 Å². The molecule has 0 aliphatic rings. The van der Waals surface area contributed by atoms with Gasteiger partial charge < -0.3 is 24.5 Å². The van der Waals surface area contributed by atoms with E-state index in [1.54, 1.807) is 43.3 Å². The van der Waals surface area contributed by atoms with Gasteiger partial charge in [-0.2, -0.15) is 0 Å². The van der Waals surface area contributed by atoms with E-state index in [1.807, 2.05) is 0 Å². The molecule has 0 atom stereocenters. The number of carbonyl (C=O) groups excluding carboxylic acids is 2. The van der Waals surface area contributed by atoms with Crippen LogP contribution in [0, 0.1) is 0 Å². The Balaban J connectivity index is 1.90. The molecule has 8 nitrogen and oxygen atoms in total. The predicted octanol–water partition coefficient (Wildman–Crippen LogP) is 2.23. The van der Waals surface area contributed by atoms with Crippen LogP contribution < -0.4 is 10.1 Å². The first-order valence-corrected chi connectivity index (χ1v) is 8.07. The lowest BCUT2D eigenvalue weighted by Gasteiger charge is -2.20. The largest absolute Gasteiger partial charge is 0.484 e. The third-order valence-electron chi connectivity index (χ3n) is 3.53. The molecule has 0 unspecified atom stereocenters. The van der Waals surface area contributed by atoms with Crippen LogP contribution in [0.3, 0.4) is 0 Å². The summed E-state index contributed by atoms with van der Waals surface area (Å²) in [7, 11) is 0. The van der Waals surface area contributed by atoms with Crippen molar-refractivity contribution in [3.8, 4) is 5.75 Å². The number of benzene rings is 1. The fourth-order valence-corrected chi connectivity index (χ4v) is 2.19. The number of furan rings is 1. The van der Waals surface area contributed by atoms with Gasteiger partial charge in [0, 0.05) is 24.8 Å². The van der Waals surface area contributed by atoms with E-state index in [1.165, 1.54) is 11.2 Å². The Morgan fingerprint density at radius 3 is 2.69 bits per heavy atom. The summed E-state index contributed by atoms with van der Waals surface area (Å²) < 4.78 is 10.5. The molecule has 2 aromatic rings. The number of nitrogens with one attached hydrogen (secondary N) is 1. The summed E-state index contributed by atoms with van der Waals surface area (Å²) in [4.78, 5) is 36.1. The number of likely N-dealkylation sites (N-methyl/N-ethyl adjacent to an activating group) is 1. The highest BCUT2D eigenvalue weighted by atomic mass is 16.5. The second-order valence-corrected chi connectivity index (χ2v) is 5.37. The number of carbonyl (C=O) groups is 3. The van der Waals surface area contributed by atoms with Crippen LogP contribution >= 0.6 is 0 Å². The van der Waals surface area contributed by atoms with Crippen molar-refractivity contribution < 1.29 is 28.6 Å². The monoisotopic (exact) mass is 360 g/mol. The highest BCUT2D eigenvalue weighted by Crippen LogP contribution is 2.18. The molecular weight excluding hydrogens is 340 g/mol. The number of aliphatic carboxylic acids is 1. The molecule has 2 amide bonds. The van der Waals surface area contributed by atoms with E-state index in [-0.39, 0.29) is 31.2 Å². The maximum absolute atomic E-state index is 12.1. The number of anilines is 1. The number of carboxylic acid groups (broad SMARTS) is 1. The quantitative estimate of drug-likeness (QED) is 0.710. The van der Waals surface area contributed by atoms with Gasteiger partial charge in [0.2, 0.25) is 0 Å². The Hall–Kier alpha value is -3.29. The van der Waals surface area contributed by atoms with Crippen molar-refractivity contribution in [2.24, 2.45) is 0 Å². The number of rotatable bonds is 9. The van der Waals surface area contributed by atoms with Crippen LogP contribution in [-0.2, 0) is 9.59 Å². The first-order valence-electron chi connectivity index (χ1n) is 8.07. The second kappa shape index (κ2) is 9.26. The van der Waals surface area contributed by atoms with Gasteiger partial charge >= 0.3 is 5.97 Å². The molecule has 0 saturated heterocycles. The summed E-state index contributed by atoms with van der Waals surface area (Å²) in [6, 6.07) is 9.76. The topological polar surface area (TPSA) is 109 Å². The molecule has 0 spiro atoms. The number of hydrogen-bond acceptors (Lipinski definition) is 5. The molecule has 0 bridgehead atoms. The molecule has 2 N–H and O–H groups in total. The summed E-state index contributed by atoms with van der Waals surface area (Å²) in [5, 5.41) is 11.4. The van der Waals surface area contributed by atoms with Gasteiger partial charge in [0.05, 0.1) is 12.7 Å². The standard InChI is InChI=1S/C18H20N2O6/c1-2-20(9-8-17(22)23)16(21)12-26-14-6-3-5-13(11-14)19-18(24)15-7-4-10-25-15/h3-7,10-11H,2,8-9,12H2,1H3,(H,19,24)(H,22,23). The van der Waals surface area contributed by atoms with Gasteiger partial charge in [0.1, 0.15) is 5.75 Å². The molecule has 0 radical (unpaired) electrons. The molecule has 0 aliphatic heterocycles. The van der Waals surface area contributed by atoms with Crippen LogP contribution in [0.4, 0.5) is 5.69 Å². The average molecular weight is 360 g/mol. The molecule has 1 aromatic heterocycles. The van der Waals surface area contributed by atoms with Crippen LogP contribution in [0.2, 0.25) is 0 Å². The summed E-state index contributed by atoms with van der Waals surface area (Å²) >= 11 is 0. The van der Waals surface area contributed by atoms with Crippen LogP contribution in [-0.4, -0.2) is 47.5 Å². The fraction of sp³-hybridized carbons (Fsp3) is 0.278. The van der Waals surface area contributed by atoms with E-state index >= 15 is 0 Å². The van der Waals surface area contributed by atoms with Crippen molar-refractivity contribution in [1.82, 2.24) is 4.90 Å². The predicted molar refractivity (Wildman–Crippen MR) is 93.1 cm³/mol. The number of carboxylic acids is 1. The summed E-state index contributed by atoms with van der Waals surface area (Å²) in [6.45, 7) is 2.08. The summed E-state index contributed by atoms with van der Waals surface area (Å²) in [6.07, 6.45) is 1.29. The van der Waals surface area contributed by atoms with Gasteiger partial charge in [-0.05, 0) is 31.2 Å². The first kappa shape index (κ1) is 19.0. The fourth-order valence-electron chi connectivity index (χ4n) is 2.19. The van der Waals surface area contributed by atoms with Crippen molar-refractivity contribution in [3.05, 3.63) is 48.4 Å². The normalized spacial score (nSPS) is 10.2. The zero-order chi connectivity index (χ0) is 18.9. The Morgan fingerprint density at radius 1 is 1.23 bits per heavy atom. The van der Waals surface area contributed by atoms with E-state index in [0.29, 0.717) is 18.0 Å². The Morgan fingerprint density at radius 2 is 2.04 bits per heavy atom. The van der Waals surface area contributed by atoms with E-state index in [2.05, 4.69) is 5.32 Å². The zero-order valence-electron chi connectivity index (χ0n) is 14.3. The number of nitrogens with zero attached hydrogens (tertiary/aromatic N) is 1. The van der Waals surface area contributed by atoms with Crippen molar-refractivity contribution in [1.29, 1.82) is 0 Å². The van der Waals surface area contributed by atoms with Gasteiger partial charge in [-0.25, -0.2) is 0 Å². The lowest BCUT2D eigenvalue weighted by molar-refractivity contribution is -0.139. The second-order valence-electron chi connectivity index (χ2n) is 5.37. The molecule has 0 saturated carbocycles. The number of ether oxygens (including phenoxy) is 1. The minimum Gasteiger partial charge on any atom is -0.484 e. The van der Waals surface area contributed by atoms with Gasteiger partial charge in [0.15, 0.2) is 12.4 Å². The molecule has 8 heteroatoms. The van der Waals surface area contributed by atoms with Crippen LogP contribution in [0.1, 0.15) is 23.9 Å². The van der Waals surface area contributed by atoms with Gasteiger partial charge in [-0.1, -0.05) is 6.07 Å². The van der Waals surface area contributed by atoms with Crippen LogP contribution in [0.5, 0.6) is 5.75 Å². The molecule has 0 aliphatic carbocycles. The van der Waals surface area contributed by atoms with Gasteiger partial charge in [-0.3, -0.25) is 14.4 Å². The van der Waals surface area contributed by atoms with Crippen LogP contribution in [0.25, 0.3) is 0 Å². The minimum atomic E-state index is -0.961. The Kier molecular flexibility index (Phi) is 6.78. The minimum absolute atomic E-state index is 0.117. The highest BCUT2D eigenvalue weighted by Gasteiger charge is 2.14. The molecule has 1 heterocycles. The molecule has 0 fully saturated rings. The number of hydrogen-bond donors (Lipinski definition) is 2. The van der Waals surface area contributed by atoms with Crippen molar-refractivity contribution in [2.75, 3.05) is 25.0 Å². The smallest absolute Gasteiger partial charge is 0.305 e. The SMILES string of the molecule is CCN(CCC(=O)O)C(=O)COc1cccc(NC(=O)c2ccco2)c1. The van der Waals surface area contributed by atoms with E-state index in [0.717, 1.165) is 0 Å². The summed E-state index contributed by atoms with van der Waals surface area (Å²) in [5.74, 6) is -1.07. The maximum Gasteiger partial charge on any atom is 0.305 e.